The van der Waals surface area contributed by atoms with Crippen molar-refractivity contribution in [3.63, 3.8) is 0 Å². The lowest BCUT2D eigenvalue weighted by molar-refractivity contribution is 0.0953. The topological polar surface area (TPSA) is 45.2 Å². The molecule has 140 valence electrons. The van der Waals surface area contributed by atoms with Gasteiger partial charge in [0.05, 0.1) is 11.1 Å². The van der Waals surface area contributed by atoms with Crippen molar-refractivity contribution in [3.05, 3.63) is 41.1 Å². The van der Waals surface area contributed by atoms with Crippen molar-refractivity contribution in [2.75, 3.05) is 26.2 Å². The number of rotatable bonds is 6. The maximum Gasteiger partial charge on any atom is 0.252 e. The number of amides is 1. The van der Waals surface area contributed by atoms with Crippen LogP contribution < -0.4 is 5.32 Å². The second kappa shape index (κ2) is 8.63. The van der Waals surface area contributed by atoms with E-state index in [1.165, 1.54) is 25.9 Å². The van der Waals surface area contributed by atoms with Gasteiger partial charge in [-0.25, -0.2) is 0 Å². The van der Waals surface area contributed by atoms with Gasteiger partial charge in [-0.3, -0.25) is 9.78 Å². The highest BCUT2D eigenvalue weighted by Gasteiger charge is 2.15. The molecule has 0 bridgehead atoms. The fourth-order valence-corrected chi connectivity index (χ4v) is 3.70. The molecule has 0 saturated carbocycles. The number of nitrogens with one attached hydrogen (secondary N) is 1. The third-order valence-corrected chi connectivity index (χ3v) is 5.40. The molecular weight excluding hydrogens is 322 g/mol. The smallest absolute Gasteiger partial charge is 0.252 e. The van der Waals surface area contributed by atoms with Crippen LogP contribution >= 0.6 is 0 Å². The van der Waals surface area contributed by atoms with Gasteiger partial charge in [0.25, 0.3) is 5.91 Å². The van der Waals surface area contributed by atoms with Gasteiger partial charge in [-0.1, -0.05) is 18.6 Å². The monoisotopic (exact) mass is 353 g/mol. The normalized spacial score (nSPS) is 16.1. The second-order valence-electron chi connectivity index (χ2n) is 7.82. The van der Waals surface area contributed by atoms with Crippen molar-refractivity contribution in [1.82, 2.24) is 15.2 Å². The molecule has 0 unspecified atom stereocenters. The number of aryl methyl sites for hydroxylation is 2. The van der Waals surface area contributed by atoms with E-state index in [2.05, 4.69) is 22.1 Å². The Morgan fingerprint density at radius 3 is 2.73 bits per heavy atom. The molecule has 4 nitrogen and oxygen atoms in total. The van der Waals surface area contributed by atoms with E-state index >= 15 is 0 Å². The summed E-state index contributed by atoms with van der Waals surface area (Å²) in [6.45, 7) is 10.7. The van der Waals surface area contributed by atoms with Gasteiger partial charge in [-0.2, -0.15) is 0 Å². The first kappa shape index (κ1) is 18.8. The number of hydrogen-bond donors (Lipinski definition) is 1. The first-order chi connectivity index (χ1) is 12.5. The summed E-state index contributed by atoms with van der Waals surface area (Å²) in [5.74, 6) is 0.894. The standard InChI is InChI=1S/C22H31N3O/c1-16-8-12-25(13-9-16)11-5-4-10-23-22(26)20-15-18(3)24-21-7-6-17(2)14-19(20)21/h6-7,14-16H,4-5,8-13H2,1-3H3,(H,23,26). The maximum absolute atomic E-state index is 12.7. The van der Waals surface area contributed by atoms with Crippen molar-refractivity contribution in [2.45, 2.75) is 46.5 Å². The quantitative estimate of drug-likeness (QED) is 0.796. The highest BCUT2D eigenvalue weighted by molar-refractivity contribution is 6.06. The molecule has 0 aliphatic carbocycles. The lowest BCUT2D eigenvalue weighted by Crippen LogP contribution is -2.34. The van der Waals surface area contributed by atoms with Crippen LogP contribution in [-0.2, 0) is 0 Å². The number of aromatic nitrogens is 1. The Morgan fingerprint density at radius 2 is 1.96 bits per heavy atom. The van der Waals surface area contributed by atoms with Crippen LogP contribution in [0, 0.1) is 19.8 Å². The molecule has 1 aliphatic rings. The third-order valence-electron chi connectivity index (χ3n) is 5.40. The van der Waals surface area contributed by atoms with E-state index in [0.717, 1.165) is 59.6 Å². The Balaban J connectivity index is 1.51. The summed E-state index contributed by atoms with van der Waals surface area (Å²) < 4.78 is 0. The van der Waals surface area contributed by atoms with Gasteiger partial charge in [0.1, 0.15) is 0 Å². The van der Waals surface area contributed by atoms with Gasteiger partial charge in [0.15, 0.2) is 0 Å². The van der Waals surface area contributed by atoms with E-state index < -0.39 is 0 Å². The number of piperidine rings is 1. The zero-order valence-corrected chi connectivity index (χ0v) is 16.3. The van der Waals surface area contributed by atoms with Gasteiger partial charge >= 0.3 is 0 Å². The molecule has 1 N–H and O–H groups in total. The largest absolute Gasteiger partial charge is 0.352 e. The summed E-state index contributed by atoms with van der Waals surface area (Å²) in [6.07, 6.45) is 4.82. The zero-order chi connectivity index (χ0) is 18.5. The van der Waals surface area contributed by atoms with Gasteiger partial charge in [0, 0.05) is 17.6 Å². The molecular formula is C22H31N3O. The predicted octanol–water partition coefficient (Wildman–Crippen LogP) is 4.09. The molecule has 1 aliphatic heterocycles. The maximum atomic E-state index is 12.7. The van der Waals surface area contributed by atoms with E-state index in [-0.39, 0.29) is 5.91 Å². The number of carbonyl (C=O) groups is 1. The molecule has 3 rings (SSSR count). The van der Waals surface area contributed by atoms with Crippen molar-refractivity contribution < 1.29 is 4.79 Å². The van der Waals surface area contributed by atoms with Gasteiger partial charge < -0.3 is 10.2 Å². The van der Waals surface area contributed by atoms with E-state index in [9.17, 15) is 4.79 Å². The predicted molar refractivity (Wildman–Crippen MR) is 108 cm³/mol. The molecule has 0 atom stereocenters. The number of pyridine rings is 1. The molecule has 1 amide bonds. The lowest BCUT2D eigenvalue weighted by atomic mass is 9.99. The minimum absolute atomic E-state index is 0.0119. The summed E-state index contributed by atoms with van der Waals surface area (Å²) in [7, 11) is 0. The second-order valence-corrected chi connectivity index (χ2v) is 7.82. The van der Waals surface area contributed by atoms with Gasteiger partial charge in [-0.15, -0.1) is 0 Å². The van der Waals surface area contributed by atoms with Crippen LogP contribution in [0.15, 0.2) is 24.3 Å². The van der Waals surface area contributed by atoms with Crippen LogP contribution in [0.1, 0.15) is 54.2 Å². The summed E-state index contributed by atoms with van der Waals surface area (Å²) in [5, 5.41) is 4.04. The van der Waals surface area contributed by atoms with Crippen LogP contribution in [0.5, 0.6) is 0 Å². The zero-order valence-electron chi connectivity index (χ0n) is 16.3. The lowest BCUT2D eigenvalue weighted by Gasteiger charge is -2.30. The molecule has 2 aromatic rings. The number of unbranched alkanes of at least 4 members (excludes halogenated alkanes) is 1. The summed E-state index contributed by atoms with van der Waals surface area (Å²) in [4.78, 5) is 19.8. The molecule has 1 aromatic carbocycles. The van der Waals surface area contributed by atoms with Crippen molar-refractivity contribution in [2.24, 2.45) is 5.92 Å². The van der Waals surface area contributed by atoms with Crippen molar-refractivity contribution >= 4 is 16.8 Å². The summed E-state index contributed by atoms with van der Waals surface area (Å²) in [6, 6.07) is 7.98. The molecule has 0 spiro atoms. The number of likely N-dealkylation sites (tertiary alicyclic amines) is 1. The van der Waals surface area contributed by atoms with Gasteiger partial charge in [0.2, 0.25) is 0 Å². The van der Waals surface area contributed by atoms with E-state index in [4.69, 9.17) is 0 Å². The third kappa shape index (κ3) is 4.82. The van der Waals surface area contributed by atoms with Crippen molar-refractivity contribution in [3.8, 4) is 0 Å². The van der Waals surface area contributed by atoms with Crippen LogP contribution in [-0.4, -0.2) is 42.0 Å². The molecule has 26 heavy (non-hydrogen) atoms. The van der Waals surface area contributed by atoms with Gasteiger partial charge in [-0.05, 0) is 83.3 Å². The highest BCUT2D eigenvalue weighted by Crippen LogP contribution is 2.20. The number of benzene rings is 1. The van der Waals surface area contributed by atoms with E-state index in [0.29, 0.717) is 0 Å². The first-order valence-corrected chi connectivity index (χ1v) is 9.91. The molecule has 4 heteroatoms. The minimum Gasteiger partial charge on any atom is -0.352 e. The Kier molecular flexibility index (Phi) is 6.25. The van der Waals surface area contributed by atoms with E-state index in [1.54, 1.807) is 0 Å². The molecule has 1 aromatic heterocycles. The SMILES string of the molecule is Cc1ccc2nc(C)cc(C(=O)NCCCCN3CCC(C)CC3)c2c1. The highest BCUT2D eigenvalue weighted by atomic mass is 16.1. The molecule has 1 fully saturated rings. The Hall–Kier alpha value is -1.94. The number of nitrogens with zero attached hydrogens (tertiary/aromatic N) is 2. The van der Waals surface area contributed by atoms with E-state index in [1.807, 2.05) is 38.1 Å². The molecule has 0 radical (unpaired) electrons. The van der Waals surface area contributed by atoms with Crippen LogP contribution in [0.4, 0.5) is 0 Å². The molecule has 2 heterocycles. The Bertz CT molecular complexity index is 763. The first-order valence-electron chi connectivity index (χ1n) is 9.91. The van der Waals surface area contributed by atoms with Crippen LogP contribution in [0.3, 0.4) is 0 Å². The van der Waals surface area contributed by atoms with Crippen LogP contribution in [0.2, 0.25) is 0 Å². The fourth-order valence-electron chi connectivity index (χ4n) is 3.70. The summed E-state index contributed by atoms with van der Waals surface area (Å²) in [5.41, 5.74) is 3.65. The average molecular weight is 354 g/mol. The number of carbonyl (C=O) groups excluding carboxylic acids is 1. The Morgan fingerprint density at radius 1 is 1.19 bits per heavy atom. The average Bonchev–Trinajstić information content (AvgIpc) is 2.62. The Labute approximate surface area is 157 Å². The number of hydrogen-bond acceptors (Lipinski definition) is 3. The minimum atomic E-state index is 0.0119. The number of fused-ring (bicyclic) bond motifs is 1. The fraction of sp³-hybridized carbons (Fsp3) is 0.545. The van der Waals surface area contributed by atoms with Crippen molar-refractivity contribution in [1.29, 1.82) is 0 Å². The summed E-state index contributed by atoms with van der Waals surface area (Å²) >= 11 is 0. The molecule has 1 saturated heterocycles. The van der Waals surface area contributed by atoms with Crippen LogP contribution in [0.25, 0.3) is 10.9 Å².